The first kappa shape index (κ1) is 17.4. The Morgan fingerprint density at radius 2 is 1.85 bits per heavy atom. The number of halogens is 1. The number of amides is 3. The summed E-state index contributed by atoms with van der Waals surface area (Å²) < 4.78 is 19.2. The summed E-state index contributed by atoms with van der Waals surface area (Å²) in [5, 5.41) is 2.52. The molecule has 2 aromatic rings. The maximum absolute atomic E-state index is 13.8. The molecule has 1 aliphatic rings. The van der Waals surface area contributed by atoms with Crippen molar-refractivity contribution in [3.63, 3.8) is 0 Å². The van der Waals surface area contributed by atoms with Crippen LogP contribution in [0.2, 0.25) is 0 Å². The molecule has 1 N–H and O–H groups in total. The van der Waals surface area contributed by atoms with Crippen molar-refractivity contribution in [3.8, 4) is 5.75 Å². The van der Waals surface area contributed by atoms with Gasteiger partial charge in [0.15, 0.2) is 0 Å². The number of benzene rings is 2. The van der Waals surface area contributed by atoms with Gasteiger partial charge in [-0.05, 0) is 29.8 Å². The summed E-state index contributed by atoms with van der Waals surface area (Å²) in [5.74, 6) is -0.277. The molecule has 0 radical (unpaired) electrons. The van der Waals surface area contributed by atoms with Crippen LogP contribution in [0.3, 0.4) is 0 Å². The van der Waals surface area contributed by atoms with E-state index in [0.717, 1.165) is 10.5 Å². The van der Waals surface area contributed by atoms with Crippen LogP contribution in [0.15, 0.2) is 66.9 Å². The number of nitrogens with zero attached hydrogens (tertiary/aromatic N) is 1. The number of hydrogen-bond acceptors (Lipinski definition) is 3. The number of carbonyl (C=O) groups excluding carboxylic acids is 2. The largest absolute Gasteiger partial charge is 0.490 e. The molecule has 1 heterocycles. The first-order valence-electron chi connectivity index (χ1n) is 8.00. The normalized spacial score (nSPS) is 15.3. The second-order valence-electron chi connectivity index (χ2n) is 5.64. The van der Waals surface area contributed by atoms with Crippen LogP contribution in [0.1, 0.15) is 11.1 Å². The summed E-state index contributed by atoms with van der Waals surface area (Å²) in [7, 11) is 0. The minimum absolute atomic E-state index is 0.122. The van der Waals surface area contributed by atoms with Crippen LogP contribution in [0.4, 0.5) is 9.18 Å². The van der Waals surface area contributed by atoms with Crippen LogP contribution in [0, 0.1) is 5.82 Å². The molecule has 3 rings (SSSR count). The minimum Gasteiger partial charge on any atom is -0.490 e. The SMILES string of the molecule is C=CCOc1ccc(/C=C2/NC(=O)N(Cc3ccccc3F)C2=O)cc1. The number of carbonyl (C=O) groups is 2. The number of urea groups is 1. The summed E-state index contributed by atoms with van der Waals surface area (Å²) in [6, 6.07) is 12.5. The molecule has 3 amide bonds. The van der Waals surface area contributed by atoms with Crippen molar-refractivity contribution in [1.29, 1.82) is 0 Å². The number of ether oxygens (including phenoxy) is 1. The Kier molecular flexibility index (Phi) is 5.12. The molecule has 1 aliphatic heterocycles. The van der Waals surface area contributed by atoms with Crippen LogP contribution in [0.5, 0.6) is 5.75 Å². The van der Waals surface area contributed by atoms with Crippen molar-refractivity contribution in [1.82, 2.24) is 10.2 Å². The van der Waals surface area contributed by atoms with E-state index in [1.54, 1.807) is 54.6 Å². The Labute approximate surface area is 150 Å². The molecule has 0 bridgehead atoms. The van der Waals surface area contributed by atoms with E-state index in [0.29, 0.717) is 12.4 Å². The van der Waals surface area contributed by atoms with Gasteiger partial charge in [-0.3, -0.25) is 9.69 Å². The van der Waals surface area contributed by atoms with E-state index in [-0.39, 0.29) is 17.8 Å². The van der Waals surface area contributed by atoms with E-state index in [1.165, 1.54) is 6.07 Å². The summed E-state index contributed by atoms with van der Waals surface area (Å²) in [6.45, 7) is 3.86. The van der Waals surface area contributed by atoms with Crippen molar-refractivity contribution in [2.24, 2.45) is 0 Å². The van der Waals surface area contributed by atoms with Crippen molar-refractivity contribution < 1.29 is 18.7 Å². The van der Waals surface area contributed by atoms with Crippen LogP contribution < -0.4 is 10.1 Å². The first-order valence-corrected chi connectivity index (χ1v) is 8.00. The fraction of sp³-hybridized carbons (Fsp3) is 0.100. The van der Waals surface area contributed by atoms with Gasteiger partial charge in [0, 0.05) is 5.56 Å². The highest BCUT2D eigenvalue weighted by molar-refractivity contribution is 6.13. The smallest absolute Gasteiger partial charge is 0.329 e. The molecular formula is C20H17FN2O3. The highest BCUT2D eigenvalue weighted by Gasteiger charge is 2.33. The van der Waals surface area contributed by atoms with Gasteiger partial charge < -0.3 is 10.1 Å². The average Bonchev–Trinajstić information content (AvgIpc) is 2.90. The van der Waals surface area contributed by atoms with Crippen LogP contribution >= 0.6 is 0 Å². The second kappa shape index (κ2) is 7.65. The predicted molar refractivity (Wildman–Crippen MR) is 95.6 cm³/mol. The fourth-order valence-corrected chi connectivity index (χ4v) is 2.49. The molecule has 26 heavy (non-hydrogen) atoms. The maximum Gasteiger partial charge on any atom is 0.329 e. The van der Waals surface area contributed by atoms with Crippen molar-refractivity contribution in [2.75, 3.05) is 6.61 Å². The predicted octanol–water partition coefficient (Wildman–Crippen LogP) is 3.48. The van der Waals surface area contributed by atoms with Crippen LogP contribution in [0.25, 0.3) is 6.08 Å². The summed E-state index contributed by atoms with van der Waals surface area (Å²) >= 11 is 0. The topological polar surface area (TPSA) is 58.6 Å². The Hall–Kier alpha value is -3.41. The third-order valence-corrected chi connectivity index (χ3v) is 3.81. The lowest BCUT2D eigenvalue weighted by Gasteiger charge is -2.12. The molecule has 0 saturated carbocycles. The van der Waals surface area contributed by atoms with Gasteiger partial charge in [-0.25, -0.2) is 9.18 Å². The van der Waals surface area contributed by atoms with Crippen molar-refractivity contribution in [3.05, 3.63) is 83.8 Å². The molecule has 2 aromatic carbocycles. The Bertz CT molecular complexity index is 875. The molecule has 1 fully saturated rings. The Morgan fingerprint density at radius 1 is 1.12 bits per heavy atom. The monoisotopic (exact) mass is 352 g/mol. The van der Waals surface area contributed by atoms with E-state index in [1.807, 2.05) is 0 Å². The van der Waals surface area contributed by atoms with E-state index < -0.39 is 17.8 Å². The first-order chi connectivity index (χ1) is 12.6. The number of hydrogen-bond donors (Lipinski definition) is 1. The highest BCUT2D eigenvalue weighted by Crippen LogP contribution is 2.19. The van der Waals surface area contributed by atoms with Crippen molar-refractivity contribution >= 4 is 18.0 Å². The van der Waals surface area contributed by atoms with Gasteiger partial charge in [-0.15, -0.1) is 0 Å². The van der Waals surface area contributed by atoms with Gasteiger partial charge in [0.2, 0.25) is 0 Å². The average molecular weight is 352 g/mol. The summed E-state index contributed by atoms with van der Waals surface area (Å²) in [4.78, 5) is 25.5. The second-order valence-corrected chi connectivity index (χ2v) is 5.64. The van der Waals surface area contributed by atoms with E-state index >= 15 is 0 Å². The molecule has 0 spiro atoms. The minimum atomic E-state index is -0.574. The van der Waals surface area contributed by atoms with Crippen LogP contribution in [-0.4, -0.2) is 23.4 Å². The molecule has 0 aliphatic carbocycles. The molecule has 132 valence electrons. The highest BCUT2D eigenvalue weighted by atomic mass is 19.1. The van der Waals surface area contributed by atoms with E-state index in [4.69, 9.17) is 4.74 Å². The van der Waals surface area contributed by atoms with Gasteiger partial charge in [0.05, 0.1) is 6.54 Å². The molecule has 6 heteroatoms. The third-order valence-electron chi connectivity index (χ3n) is 3.81. The fourth-order valence-electron chi connectivity index (χ4n) is 2.49. The van der Waals surface area contributed by atoms with Crippen molar-refractivity contribution in [2.45, 2.75) is 6.54 Å². The zero-order chi connectivity index (χ0) is 18.5. The molecule has 1 saturated heterocycles. The molecule has 5 nitrogen and oxygen atoms in total. The number of imide groups is 1. The number of nitrogens with one attached hydrogen (secondary N) is 1. The standard InChI is InChI=1S/C20H17FN2O3/c1-2-11-26-16-9-7-14(8-10-16)12-18-19(24)23(20(25)22-18)13-15-5-3-4-6-17(15)21/h2-10,12H,1,11,13H2,(H,22,25)/b18-12+. The van der Waals surface area contributed by atoms with Gasteiger partial charge in [-0.2, -0.15) is 0 Å². The zero-order valence-corrected chi connectivity index (χ0v) is 13.9. The summed E-state index contributed by atoms with van der Waals surface area (Å²) in [6.07, 6.45) is 3.21. The van der Waals surface area contributed by atoms with Gasteiger partial charge in [0.1, 0.15) is 23.9 Å². The quantitative estimate of drug-likeness (QED) is 0.492. The Morgan fingerprint density at radius 3 is 2.54 bits per heavy atom. The van der Waals surface area contributed by atoms with E-state index in [9.17, 15) is 14.0 Å². The Balaban J connectivity index is 1.74. The maximum atomic E-state index is 13.8. The molecule has 0 unspecified atom stereocenters. The lowest BCUT2D eigenvalue weighted by atomic mass is 10.1. The number of rotatable bonds is 6. The third kappa shape index (κ3) is 3.80. The molecule has 0 atom stereocenters. The molecular weight excluding hydrogens is 335 g/mol. The van der Waals surface area contributed by atoms with Crippen LogP contribution in [-0.2, 0) is 11.3 Å². The lowest BCUT2D eigenvalue weighted by Crippen LogP contribution is -2.30. The van der Waals surface area contributed by atoms with Gasteiger partial charge >= 0.3 is 6.03 Å². The van der Waals surface area contributed by atoms with Gasteiger partial charge in [-0.1, -0.05) is 43.0 Å². The van der Waals surface area contributed by atoms with Gasteiger partial charge in [0.25, 0.3) is 5.91 Å². The summed E-state index contributed by atoms with van der Waals surface area (Å²) in [5.41, 5.74) is 1.15. The van der Waals surface area contributed by atoms with E-state index in [2.05, 4.69) is 11.9 Å². The lowest BCUT2D eigenvalue weighted by molar-refractivity contribution is -0.123. The zero-order valence-electron chi connectivity index (χ0n) is 13.9. The molecule has 0 aromatic heterocycles.